The van der Waals surface area contributed by atoms with E-state index in [0.717, 1.165) is 27.7 Å². The normalized spacial score (nSPS) is 10.8. The second-order valence-electron chi connectivity index (χ2n) is 5.19. The van der Waals surface area contributed by atoms with E-state index in [1.165, 1.54) is 0 Å². The Kier molecular flexibility index (Phi) is 4.30. The van der Waals surface area contributed by atoms with E-state index >= 15 is 0 Å². The molecule has 0 atom stereocenters. The summed E-state index contributed by atoms with van der Waals surface area (Å²) in [6, 6.07) is 14.1. The number of rotatable bonds is 5. The van der Waals surface area contributed by atoms with E-state index in [2.05, 4.69) is 16.0 Å². The first-order chi connectivity index (χ1) is 10.8. The van der Waals surface area contributed by atoms with Gasteiger partial charge in [-0.1, -0.05) is 30.3 Å². The molecule has 0 saturated carbocycles. The zero-order valence-corrected chi connectivity index (χ0v) is 12.7. The number of hydrogen-bond donors (Lipinski definition) is 0. The van der Waals surface area contributed by atoms with Crippen LogP contribution in [-0.2, 0) is 18.0 Å². The first kappa shape index (κ1) is 14.5. The summed E-state index contributed by atoms with van der Waals surface area (Å²) in [6.45, 7) is 2.98. The van der Waals surface area contributed by atoms with Gasteiger partial charge in [-0.2, -0.15) is 0 Å². The van der Waals surface area contributed by atoms with Crippen molar-refractivity contribution >= 4 is 10.9 Å². The number of pyridine rings is 2. The van der Waals surface area contributed by atoms with Crippen LogP contribution in [0.4, 0.5) is 0 Å². The smallest absolute Gasteiger partial charge is 0.241 e. The van der Waals surface area contributed by atoms with E-state index in [1.54, 1.807) is 13.3 Å². The number of nitrogens with zero attached hydrogens (tertiary/aromatic N) is 2. The molecule has 0 aliphatic carbocycles. The van der Waals surface area contributed by atoms with E-state index in [1.807, 2.05) is 43.3 Å². The van der Waals surface area contributed by atoms with Crippen molar-refractivity contribution in [2.75, 3.05) is 7.11 Å². The Balaban J connectivity index is 1.91. The highest BCUT2D eigenvalue weighted by atomic mass is 16.5. The van der Waals surface area contributed by atoms with Crippen LogP contribution < -0.4 is 4.74 Å². The van der Waals surface area contributed by atoms with Gasteiger partial charge in [0.2, 0.25) is 5.88 Å². The third-order valence-corrected chi connectivity index (χ3v) is 3.35. The number of ether oxygens (including phenoxy) is 2. The summed E-state index contributed by atoms with van der Waals surface area (Å²) in [6.07, 6.45) is 1.80. The van der Waals surface area contributed by atoms with E-state index in [4.69, 9.17) is 9.47 Å². The molecule has 0 N–H and O–H groups in total. The van der Waals surface area contributed by atoms with Gasteiger partial charge in [-0.15, -0.1) is 0 Å². The first-order valence-corrected chi connectivity index (χ1v) is 7.18. The summed E-state index contributed by atoms with van der Waals surface area (Å²) < 4.78 is 11.0. The van der Waals surface area contributed by atoms with Gasteiger partial charge in [-0.25, -0.2) is 4.98 Å². The van der Waals surface area contributed by atoms with Crippen molar-refractivity contribution in [1.29, 1.82) is 0 Å². The number of hydrogen-bond acceptors (Lipinski definition) is 4. The Morgan fingerprint density at radius 3 is 2.59 bits per heavy atom. The Hall–Kier alpha value is -2.46. The van der Waals surface area contributed by atoms with Crippen LogP contribution in [0.1, 0.15) is 16.8 Å². The molecule has 1 aromatic carbocycles. The molecule has 0 fully saturated rings. The lowest BCUT2D eigenvalue weighted by atomic mass is 10.2. The van der Waals surface area contributed by atoms with Gasteiger partial charge in [0.05, 0.1) is 6.61 Å². The van der Waals surface area contributed by atoms with Crippen LogP contribution in [0.2, 0.25) is 0 Å². The van der Waals surface area contributed by atoms with E-state index in [-0.39, 0.29) is 0 Å². The molecule has 4 heteroatoms. The molecule has 22 heavy (non-hydrogen) atoms. The highest BCUT2D eigenvalue weighted by Crippen LogP contribution is 2.24. The molecule has 0 amide bonds. The van der Waals surface area contributed by atoms with Gasteiger partial charge in [0, 0.05) is 24.4 Å². The summed E-state index contributed by atoms with van der Waals surface area (Å²) in [4.78, 5) is 8.96. The van der Waals surface area contributed by atoms with Crippen LogP contribution in [0.25, 0.3) is 10.9 Å². The van der Waals surface area contributed by atoms with Crippen LogP contribution in [0.15, 0.2) is 48.7 Å². The maximum Gasteiger partial charge on any atom is 0.241 e. The molecule has 0 bridgehead atoms. The van der Waals surface area contributed by atoms with Crippen LogP contribution in [0, 0.1) is 6.92 Å². The third kappa shape index (κ3) is 3.23. The zero-order valence-electron chi connectivity index (χ0n) is 12.7. The number of aromatic nitrogens is 2. The topological polar surface area (TPSA) is 44.2 Å². The minimum atomic E-state index is 0.480. The van der Waals surface area contributed by atoms with Gasteiger partial charge in [-0.05, 0) is 30.2 Å². The van der Waals surface area contributed by atoms with E-state index in [9.17, 15) is 0 Å². The van der Waals surface area contributed by atoms with Crippen molar-refractivity contribution in [1.82, 2.24) is 9.97 Å². The summed E-state index contributed by atoms with van der Waals surface area (Å²) in [7, 11) is 1.68. The number of aryl methyl sites for hydroxylation is 1. The van der Waals surface area contributed by atoms with Gasteiger partial charge in [-0.3, -0.25) is 4.98 Å². The molecule has 0 aliphatic rings. The third-order valence-electron chi connectivity index (χ3n) is 3.35. The molecule has 3 aromatic rings. The SMILES string of the molecule is COCc1cnc2c(OCc3ccccc3)nc(C)cc2c1. The maximum atomic E-state index is 5.88. The minimum absolute atomic E-state index is 0.480. The second kappa shape index (κ2) is 6.54. The molecule has 0 unspecified atom stereocenters. The monoisotopic (exact) mass is 294 g/mol. The Morgan fingerprint density at radius 2 is 1.82 bits per heavy atom. The predicted octanol–water partition coefficient (Wildman–Crippen LogP) is 3.66. The highest BCUT2D eigenvalue weighted by Gasteiger charge is 2.08. The van der Waals surface area contributed by atoms with Gasteiger partial charge in [0.25, 0.3) is 0 Å². The lowest BCUT2D eigenvalue weighted by molar-refractivity contribution is 0.184. The summed E-state index contributed by atoms with van der Waals surface area (Å²) >= 11 is 0. The fraction of sp³-hybridized carbons (Fsp3) is 0.222. The van der Waals surface area contributed by atoms with Crippen molar-refractivity contribution in [3.63, 3.8) is 0 Å². The lowest BCUT2D eigenvalue weighted by Crippen LogP contribution is -2.00. The van der Waals surface area contributed by atoms with Crippen LogP contribution >= 0.6 is 0 Å². The Bertz CT molecular complexity index is 773. The minimum Gasteiger partial charge on any atom is -0.471 e. The quantitative estimate of drug-likeness (QED) is 0.720. The van der Waals surface area contributed by atoms with Crippen LogP contribution in [-0.4, -0.2) is 17.1 Å². The lowest BCUT2D eigenvalue weighted by Gasteiger charge is -2.10. The van der Waals surface area contributed by atoms with Crippen molar-refractivity contribution in [3.05, 3.63) is 65.5 Å². The van der Waals surface area contributed by atoms with Crippen LogP contribution in [0.3, 0.4) is 0 Å². The maximum absolute atomic E-state index is 5.88. The molecule has 0 spiro atoms. The van der Waals surface area contributed by atoms with E-state index < -0.39 is 0 Å². The fourth-order valence-electron chi connectivity index (χ4n) is 2.36. The fourth-order valence-corrected chi connectivity index (χ4v) is 2.36. The van der Waals surface area contributed by atoms with Crippen molar-refractivity contribution in [3.8, 4) is 5.88 Å². The molecule has 3 rings (SSSR count). The zero-order chi connectivity index (χ0) is 15.4. The number of benzene rings is 1. The highest BCUT2D eigenvalue weighted by molar-refractivity contribution is 5.83. The molecule has 112 valence electrons. The van der Waals surface area contributed by atoms with Gasteiger partial charge < -0.3 is 9.47 Å². The first-order valence-electron chi connectivity index (χ1n) is 7.18. The summed E-state index contributed by atoms with van der Waals surface area (Å²) in [5.41, 5.74) is 3.83. The van der Waals surface area contributed by atoms with Gasteiger partial charge >= 0.3 is 0 Å². The second-order valence-corrected chi connectivity index (χ2v) is 5.19. The van der Waals surface area contributed by atoms with Crippen molar-refractivity contribution in [2.24, 2.45) is 0 Å². The Morgan fingerprint density at radius 1 is 1.00 bits per heavy atom. The average Bonchev–Trinajstić information content (AvgIpc) is 2.53. The molecular weight excluding hydrogens is 276 g/mol. The molecule has 0 aliphatic heterocycles. The standard InChI is InChI=1S/C18H18N2O2/c1-13-8-16-9-15(11-21-2)10-19-17(16)18(20-13)22-12-14-6-4-3-5-7-14/h3-10H,11-12H2,1-2H3. The summed E-state index contributed by atoms with van der Waals surface area (Å²) in [5.74, 6) is 0.572. The Labute approximate surface area is 129 Å². The van der Waals surface area contributed by atoms with E-state index in [0.29, 0.717) is 19.1 Å². The molecule has 4 nitrogen and oxygen atoms in total. The van der Waals surface area contributed by atoms with Crippen molar-refractivity contribution in [2.45, 2.75) is 20.1 Å². The van der Waals surface area contributed by atoms with Crippen LogP contribution in [0.5, 0.6) is 5.88 Å². The molecule has 2 heterocycles. The summed E-state index contributed by atoms with van der Waals surface area (Å²) in [5, 5.41) is 1.02. The predicted molar refractivity (Wildman–Crippen MR) is 85.8 cm³/mol. The molecule has 2 aromatic heterocycles. The van der Waals surface area contributed by atoms with Crippen molar-refractivity contribution < 1.29 is 9.47 Å². The van der Waals surface area contributed by atoms with Gasteiger partial charge in [0.1, 0.15) is 12.1 Å². The number of fused-ring (bicyclic) bond motifs is 1. The molecule has 0 radical (unpaired) electrons. The largest absolute Gasteiger partial charge is 0.471 e. The molecule has 0 saturated heterocycles. The molecular formula is C18H18N2O2. The average molecular weight is 294 g/mol. The number of methoxy groups -OCH3 is 1. The van der Waals surface area contributed by atoms with Gasteiger partial charge in [0.15, 0.2) is 0 Å².